The van der Waals surface area contributed by atoms with Crippen LogP contribution in [0.5, 0.6) is 0 Å². The minimum absolute atomic E-state index is 0. The average molecular weight is 723 g/mol. The molecular formula is C38H73N2Na3O6. The third-order valence-electron chi connectivity index (χ3n) is 8.24. The Hall–Kier alpha value is 1.04. The van der Waals surface area contributed by atoms with E-state index in [-0.39, 0.29) is 78.1 Å². The maximum atomic E-state index is 11.6. The summed E-state index contributed by atoms with van der Waals surface area (Å²) in [4.78, 5) is 43.5. The van der Waals surface area contributed by atoms with Crippen LogP contribution in [0, 0.1) is 0 Å². The Morgan fingerprint density at radius 2 is 0.796 bits per heavy atom. The number of nitrogens with one attached hydrogen (secondary N) is 1. The van der Waals surface area contributed by atoms with Gasteiger partial charge in [-0.1, -0.05) is 110 Å². The molecule has 0 aromatic heterocycles. The fraction of sp³-hybridized carbons (Fsp3) is 0.895. The summed E-state index contributed by atoms with van der Waals surface area (Å²) >= 11 is 0.751. The van der Waals surface area contributed by atoms with Gasteiger partial charge in [-0.25, -0.2) is 0 Å². The van der Waals surface area contributed by atoms with E-state index in [1.54, 1.807) is 7.05 Å². The molecule has 0 saturated carbocycles. The minimum atomic E-state index is -1.20. The van der Waals surface area contributed by atoms with Crippen LogP contribution in [0.1, 0.15) is 194 Å². The van der Waals surface area contributed by atoms with Crippen molar-refractivity contribution < 1.29 is 88.5 Å². The predicted octanol–water partition coefficient (Wildman–Crippen LogP) is 0.803. The number of hydrogen-bond acceptors (Lipinski definition) is 7. The van der Waals surface area contributed by atoms with Crippen molar-refractivity contribution >= 4 is 48.8 Å². The molecule has 0 fully saturated rings. The van der Waals surface area contributed by atoms with E-state index < -0.39 is 11.9 Å². The number of aliphatic carboxylic acids is 2. The van der Waals surface area contributed by atoms with Gasteiger partial charge in [-0.05, 0) is 13.5 Å². The molecule has 0 aliphatic rings. The number of carboxylic acid groups (broad SMARTS) is 2. The summed E-state index contributed by atoms with van der Waals surface area (Å²) < 4.78 is 0.484. The first-order chi connectivity index (χ1) is 22.6. The molecule has 0 heterocycles. The van der Waals surface area contributed by atoms with Crippen molar-refractivity contribution in [1.82, 2.24) is 10.2 Å². The average Bonchev–Trinajstić information content (AvgIpc) is 3.01. The topological polar surface area (TPSA) is 130 Å². The molecule has 0 rings (SSSR count). The van der Waals surface area contributed by atoms with Gasteiger partial charge in [-0.15, -0.1) is 0 Å². The number of carbonyl (C=O) groups is 4. The van der Waals surface area contributed by atoms with Crippen LogP contribution in [0.4, 0.5) is 0 Å². The van der Waals surface area contributed by atoms with Crippen molar-refractivity contribution in [2.75, 3.05) is 27.2 Å². The van der Waals surface area contributed by atoms with Crippen LogP contribution in [-0.2, 0) is 19.2 Å². The van der Waals surface area contributed by atoms with Gasteiger partial charge in [0.2, 0.25) is 5.91 Å². The van der Waals surface area contributed by atoms with Gasteiger partial charge in [0.25, 0.3) is 0 Å². The Bertz CT molecular complexity index is 717. The second kappa shape index (κ2) is 51.1. The van der Waals surface area contributed by atoms with Crippen molar-refractivity contribution in [1.29, 1.82) is 0 Å². The number of likely N-dealkylation sites (N-methyl/N-ethyl adjacent to an activating group) is 2. The van der Waals surface area contributed by atoms with Crippen molar-refractivity contribution in [3.8, 4) is 0 Å². The Morgan fingerprint density at radius 1 is 0.510 bits per heavy atom. The van der Waals surface area contributed by atoms with Gasteiger partial charge in [0.15, 0.2) is 0 Å². The first-order valence-electron chi connectivity index (χ1n) is 19.4. The van der Waals surface area contributed by atoms with E-state index in [1.807, 2.05) is 0 Å². The monoisotopic (exact) mass is 723 g/mol. The summed E-state index contributed by atoms with van der Waals surface area (Å²) in [6.45, 7) is 4.15. The molecule has 0 radical (unpaired) electrons. The standard InChI is InChI=1S/C19H37NO3.C16H31O.C3H7NO2.3Na/c1-3-4-5-6-7-8-9-10-11-12-13-14-15-16-18(21)20(2)17-19(22)23;1-2-3-4-5-6-7-8-9-10-11-12-13-14-15-16-17;1-4-2-3(5)6;;;/h3-17H2,1-2H3,(H,22,23);2-15H2,1H3;4H,2H2,1H3,(H,5,6);;;/q;;;;2*+1/p-2. The van der Waals surface area contributed by atoms with E-state index in [0.717, 1.165) is 53.6 Å². The molecule has 0 atom stereocenters. The molecule has 0 bridgehead atoms. The molecular weight excluding hydrogens is 649 g/mol. The zero-order valence-corrected chi connectivity index (χ0v) is 39.6. The van der Waals surface area contributed by atoms with Gasteiger partial charge in [-0.3, -0.25) is 4.79 Å². The summed E-state index contributed by atoms with van der Waals surface area (Å²) in [5.41, 5.74) is 0. The van der Waals surface area contributed by atoms with Crippen molar-refractivity contribution in [3.63, 3.8) is 0 Å². The van der Waals surface area contributed by atoms with Crippen molar-refractivity contribution in [3.05, 3.63) is 0 Å². The van der Waals surface area contributed by atoms with Crippen LogP contribution in [-0.4, -0.2) is 80.9 Å². The van der Waals surface area contributed by atoms with Gasteiger partial charge < -0.3 is 30.0 Å². The van der Waals surface area contributed by atoms with Gasteiger partial charge in [0, 0.05) is 20.0 Å². The molecule has 0 aliphatic carbocycles. The fourth-order valence-electron chi connectivity index (χ4n) is 5.30. The van der Waals surface area contributed by atoms with E-state index in [9.17, 15) is 29.4 Å². The number of carboxylic acids is 2. The number of nitrogens with zero attached hydrogens (tertiary/aromatic N) is 1. The molecule has 0 spiro atoms. The van der Waals surface area contributed by atoms with Crippen LogP contribution >= 0.6 is 0 Å². The largest absolute Gasteiger partial charge is 1.00 e. The maximum Gasteiger partial charge on any atom is 1.00 e. The molecule has 274 valence electrons. The Kier molecular flexibility index (Phi) is 61.9. The summed E-state index contributed by atoms with van der Waals surface area (Å²) in [5, 5.41) is 22.2. The zero-order chi connectivity index (χ0) is 35.8. The molecule has 0 aromatic carbocycles. The van der Waals surface area contributed by atoms with E-state index in [2.05, 4.69) is 19.2 Å². The number of unbranched alkanes of at least 4 members (excludes halogenated alkanes) is 24. The molecule has 0 unspecified atom stereocenters. The van der Waals surface area contributed by atoms with E-state index >= 15 is 0 Å². The maximum absolute atomic E-state index is 11.6. The van der Waals surface area contributed by atoms with E-state index in [1.165, 1.54) is 160 Å². The fourth-order valence-corrected chi connectivity index (χ4v) is 5.66. The number of carbonyl (C=O) groups excluding carboxylic acids is 4. The molecule has 0 saturated heterocycles. The van der Waals surface area contributed by atoms with E-state index in [4.69, 9.17) is 0 Å². The Labute approximate surface area is 364 Å². The van der Waals surface area contributed by atoms with Crippen molar-refractivity contribution in [2.45, 2.75) is 194 Å². The number of hydrogen-bond donors (Lipinski definition) is 1. The smallest absolute Gasteiger partial charge is 0.549 e. The zero-order valence-electron chi connectivity index (χ0n) is 33.6. The van der Waals surface area contributed by atoms with Crippen LogP contribution in [0.2, 0.25) is 0 Å². The molecule has 8 nitrogen and oxygen atoms in total. The predicted molar refractivity (Wildman–Crippen MR) is 193 cm³/mol. The van der Waals surface area contributed by atoms with Crippen LogP contribution in [0.25, 0.3) is 0 Å². The number of rotatable bonds is 32. The van der Waals surface area contributed by atoms with Gasteiger partial charge >= 0.3 is 166 Å². The summed E-state index contributed by atoms with van der Waals surface area (Å²) in [5.74, 6) is -2.37. The third kappa shape index (κ3) is 61.4. The van der Waals surface area contributed by atoms with Crippen LogP contribution < -0.4 is 74.6 Å². The quantitative estimate of drug-likeness (QED) is 0.0804. The van der Waals surface area contributed by atoms with Crippen molar-refractivity contribution in [2.24, 2.45) is 0 Å². The second-order valence-electron chi connectivity index (χ2n) is 13.2. The molecule has 1 amide bonds. The Balaban J connectivity index is -0.000000222. The summed E-state index contributed by atoms with van der Waals surface area (Å²) in [6.07, 6.45) is 35.8. The third-order valence-corrected chi connectivity index (χ3v) is 8.74. The molecule has 0 aromatic rings. The van der Waals surface area contributed by atoms with Gasteiger partial charge in [0.1, 0.15) is 0 Å². The molecule has 11 heteroatoms. The number of amides is 1. The SMILES string of the molecule is CCCCCCCCCCCCCCCC(=O)N(C)CC(=O)[O-].CCCCCCCCCCCCCCC[C](=O)[Na].CNCC(=O)[O-].[Na+].[Na+]. The Morgan fingerprint density at radius 3 is 1.02 bits per heavy atom. The molecule has 49 heavy (non-hydrogen) atoms. The first-order valence-corrected chi connectivity index (χ1v) is 20.4. The molecule has 1 N–H and O–H groups in total. The summed E-state index contributed by atoms with van der Waals surface area (Å²) in [7, 11) is 3.07. The second-order valence-corrected chi connectivity index (χ2v) is 14.3. The van der Waals surface area contributed by atoms with Gasteiger partial charge in [0.05, 0.1) is 18.5 Å². The van der Waals surface area contributed by atoms with Gasteiger partial charge in [-0.2, -0.15) is 0 Å². The minimum Gasteiger partial charge on any atom is -0.549 e. The summed E-state index contributed by atoms with van der Waals surface area (Å²) in [6, 6.07) is 0. The van der Waals surface area contributed by atoms with Crippen LogP contribution in [0.3, 0.4) is 0 Å². The first kappa shape index (κ1) is 59.3. The molecule has 0 aliphatic heterocycles. The normalized spacial score (nSPS) is 10.0. The van der Waals surface area contributed by atoms with Crippen LogP contribution in [0.15, 0.2) is 0 Å². The van der Waals surface area contributed by atoms with E-state index in [0.29, 0.717) is 9.45 Å².